The minimum Gasteiger partial charge on any atom is -0.545 e. The number of carbonyl (C=O) groups excluding carboxylic acids is 10. The van der Waals surface area contributed by atoms with Crippen molar-refractivity contribution in [3.8, 4) is 0 Å². The summed E-state index contributed by atoms with van der Waals surface area (Å²) in [7, 11) is 0. The van der Waals surface area contributed by atoms with Crippen LogP contribution in [0.5, 0.6) is 0 Å². The van der Waals surface area contributed by atoms with Crippen molar-refractivity contribution in [3.63, 3.8) is 0 Å². The molecule has 110 heavy (non-hydrogen) atoms. The summed E-state index contributed by atoms with van der Waals surface area (Å²) in [6.07, 6.45) is 6.85. The molecule has 0 heterocycles. The zero-order valence-corrected chi connectivity index (χ0v) is 83.3. The van der Waals surface area contributed by atoms with Crippen molar-refractivity contribution < 1.29 is 395 Å². The molecule has 0 saturated heterocycles. The predicted octanol–water partition coefficient (Wildman–Crippen LogP) is -29.0. The van der Waals surface area contributed by atoms with E-state index >= 15 is 0 Å². The molecule has 0 aliphatic heterocycles. The molecule has 0 aliphatic rings. The van der Waals surface area contributed by atoms with E-state index in [4.69, 9.17) is 0 Å². The number of hydrogen-bond acceptors (Lipinski definition) is 20. The molecule has 20 nitrogen and oxygen atoms in total. The van der Waals surface area contributed by atoms with Gasteiger partial charge in [-0.1, -0.05) is 212 Å². The van der Waals surface area contributed by atoms with Gasteiger partial charge >= 0.3 is 296 Å². The first-order valence-electron chi connectivity index (χ1n) is 30.8. The molecule has 510 valence electrons. The zero-order valence-electron chi connectivity index (χ0n) is 63.3. The number of aromatic carboxylic acids is 10. The van der Waals surface area contributed by atoms with Crippen LogP contribution >= 0.6 is 0 Å². The second-order valence-corrected chi connectivity index (χ2v) is 22.4. The minimum absolute atomic E-state index is 0. The SMILES string of the molecule is O=C([O-])c1ccc(CCc2cccc(C(=O)[O-])c2)cc1.O=C([O-])c1ccc(CCc2cccc(C(=O)[O-])c2)cc1.O=C([O-])c1ccc(CCc2cccc(C(=O)[O-])c2)cc1.O=C([O-])c1ccc(CCc2cccc(C(=O)[O-])c2)cc1.O=C([O-])c1ccc(CCc2cccc(C(=O)[O-])c2)cc1.[Na+].[Na+].[Na+].[Na+].[Na+].[Na+].[Na+].[Na+].[Na+].[Na+]. The largest absolute Gasteiger partial charge is 1.00 e. The van der Waals surface area contributed by atoms with Gasteiger partial charge in [-0.05, 0) is 206 Å². The molecule has 0 amide bonds. The first-order valence-corrected chi connectivity index (χ1v) is 30.8. The molecule has 0 fully saturated rings. The van der Waals surface area contributed by atoms with Crippen molar-refractivity contribution in [2.75, 3.05) is 0 Å². The summed E-state index contributed by atoms with van der Waals surface area (Å²) in [5, 5.41) is 107. The molecule has 0 saturated carbocycles. The Morgan fingerprint density at radius 3 is 0.364 bits per heavy atom. The smallest absolute Gasteiger partial charge is 0.545 e. The van der Waals surface area contributed by atoms with Crippen molar-refractivity contribution in [1.82, 2.24) is 0 Å². The molecule has 10 aromatic carbocycles. The predicted molar refractivity (Wildman–Crippen MR) is 345 cm³/mol. The van der Waals surface area contributed by atoms with Crippen LogP contribution in [0.4, 0.5) is 0 Å². The number of aryl methyl sites for hydroxylation is 10. The van der Waals surface area contributed by atoms with Gasteiger partial charge in [0, 0.05) is 0 Å². The number of carbonyl (C=O) groups is 10. The quantitative estimate of drug-likeness (QED) is 0.0480. The molecular formula is C80H60Na10O20. The molecule has 10 rings (SSSR count). The van der Waals surface area contributed by atoms with Gasteiger partial charge in [-0.2, -0.15) is 0 Å². The van der Waals surface area contributed by atoms with Crippen LogP contribution in [0, 0.1) is 0 Å². The molecule has 0 atom stereocenters. The molecule has 0 bridgehead atoms. The number of carboxylic acids is 10. The first-order chi connectivity index (χ1) is 47.8. The Hall–Kier alpha value is -3.10. The molecule has 0 N–H and O–H groups in total. The van der Waals surface area contributed by atoms with Crippen molar-refractivity contribution in [3.05, 3.63) is 354 Å². The van der Waals surface area contributed by atoms with E-state index in [1.807, 2.05) is 30.3 Å². The number of rotatable bonds is 25. The Labute approximate surface area is 858 Å². The Morgan fingerprint density at radius 1 is 0.145 bits per heavy atom. The molecular weight excluding hydrogens is 1510 g/mol. The van der Waals surface area contributed by atoms with E-state index in [0.29, 0.717) is 64.2 Å². The zero-order chi connectivity index (χ0) is 72.7. The molecule has 30 heteroatoms. The Balaban J connectivity index is -0.000000408. The van der Waals surface area contributed by atoms with Crippen LogP contribution in [0.1, 0.15) is 159 Å². The van der Waals surface area contributed by atoms with Gasteiger partial charge in [0.25, 0.3) is 0 Å². The van der Waals surface area contributed by atoms with E-state index in [1.54, 1.807) is 121 Å². The summed E-state index contributed by atoms with van der Waals surface area (Å²) in [4.78, 5) is 107. The average Bonchev–Trinajstić information content (AvgIpc) is 0.890. The normalized spacial score (nSPS) is 9.27. The van der Waals surface area contributed by atoms with Crippen molar-refractivity contribution in [2.45, 2.75) is 64.2 Å². The second kappa shape index (κ2) is 62.2. The van der Waals surface area contributed by atoms with Crippen LogP contribution in [0.25, 0.3) is 0 Å². The van der Waals surface area contributed by atoms with E-state index in [1.165, 1.54) is 91.0 Å². The van der Waals surface area contributed by atoms with Crippen molar-refractivity contribution in [2.24, 2.45) is 0 Å². The summed E-state index contributed by atoms with van der Waals surface area (Å²) in [5.74, 6) is -11.9. The molecule has 0 aliphatic carbocycles. The molecule has 0 aromatic heterocycles. The van der Waals surface area contributed by atoms with Gasteiger partial charge in [0.2, 0.25) is 0 Å². The average molecular weight is 1570 g/mol. The number of carboxylic acid groups (broad SMARTS) is 10. The van der Waals surface area contributed by atoms with Gasteiger partial charge in [0.05, 0.1) is 59.7 Å². The maximum absolute atomic E-state index is 10.8. The number of benzene rings is 10. The van der Waals surface area contributed by atoms with Gasteiger partial charge in [0.15, 0.2) is 0 Å². The molecule has 0 radical (unpaired) electrons. The second-order valence-electron chi connectivity index (χ2n) is 22.4. The van der Waals surface area contributed by atoms with Gasteiger partial charge in [-0.25, -0.2) is 0 Å². The maximum Gasteiger partial charge on any atom is 1.00 e. The van der Waals surface area contributed by atoms with Crippen LogP contribution in [0.2, 0.25) is 0 Å². The van der Waals surface area contributed by atoms with Gasteiger partial charge in [-0.15, -0.1) is 0 Å². The monoisotopic (exact) mass is 1570 g/mol. The first kappa shape index (κ1) is 115. The summed E-state index contributed by atoms with van der Waals surface area (Å²) < 4.78 is 0. The Morgan fingerprint density at radius 2 is 0.255 bits per heavy atom. The maximum atomic E-state index is 10.8. The van der Waals surface area contributed by atoms with Crippen molar-refractivity contribution >= 4 is 59.7 Å². The van der Waals surface area contributed by atoms with Crippen LogP contribution in [0.15, 0.2) is 243 Å². The van der Waals surface area contributed by atoms with Crippen molar-refractivity contribution in [1.29, 1.82) is 0 Å². The van der Waals surface area contributed by atoms with Gasteiger partial charge in [0.1, 0.15) is 0 Å². The fourth-order valence-corrected chi connectivity index (χ4v) is 9.75. The molecule has 0 unspecified atom stereocenters. The fourth-order valence-electron chi connectivity index (χ4n) is 9.75. The van der Waals surface area contributed by atoms with E-state index in [2.05, 4.69) is 0 Å². The van der Waals surface area contributed by atoms with Crippen LogP contribution in [-0.4, -0.2) is 59.7 Å². The summed E-state index contributed by atoms with van der Waals surface area (Å²) in [6, 6.07) is 65.4. The third-order valence-corrected chi connectivity index (χ3v) is 15.3. The summed E-state index contributed by atoms with van der Waals surface area (Å²) in [6.45, 7) is 0. The van der Waals surface area contributed by atoms with Crippen LogP contribution < -0.4 is 347 Å². The third-order valence-electron chi connectivity index (χ3n) is 15.3. The standard InChI is InChI=1S/5C16H14O4.10Na/c5*17-15(18)13-8-6-11(7-9-13)4-5-12-2-1-3-14(10-12)16(19)20;;;;;;;;;;/h5*1-3,6-10H,4-5H2,(H,17,18)(H,19,20);;;;;;;;;;/q;;;;;10*+1/p-10. The third kappa shape index (κ3) is 43.2. The summed E-state index contributed by atoms with van der Waals surface area (Å²) in [5.41, 5.74) is 10.9. The summed E-state index contributed by atoms with van der Waals surface area (Å²) >= 11 is 0. The van der Waals surface area contributed by atoms with E-state index in [0.717, 1.165) is 55.6 Å². The van der Waals surface area contributed by atoms with E-state index < -0.39 is 59.7 Å². The number of hydrogen-bond donors (Lipinski definition) is 0. The molecule has 10 aromatic rings. The van der Waals surface area contributed by atoms with Crippen LogP contribution in [0.3, 0.4) is 0 Å². The fraction of sp³-hybridized carbons (Fsp3) is 0.125. The van der Waals surface area contributed by atoms with E-state index in [9.17, 15) is 99.0 Å². The minimum atomic E-state index is -1.20. The topological polar surface area (TPSA) is 401 Å². The van der Waals surface area contributed by atoms with E-state index in [-0.39, 0.29) is 351 Å². The molecule has 0 spiro atoms. The Kier molecular flexibility index (Phi) is 65.3. The van der Waals surface area contributed by atoms with Gasteiger partial charge in [-0.3, -0.25) is 0 Å². The van der Waals surface area contributed by atoms with Crippen LogP contribution in [-0.2, 0) is 64.2 Å². The Bertz CT molecular complexity index is 3860. The van der Waals surface area contributed by atoms with Gasteiger partial charge < -0.3 is 99.0 Å².